The number of hydrogen-bond acceptors (Lipinski definition) is 2. The molecule has 1 amide bonds. The van der Waals surface area contributed by atoms with E-state index in [9.17, 15) is 4.79 Å². The van der Waals surface area contributed by atoms with Crippen LogP contribution >= 0.6 is 12.2 Å². The zero-order valence-corrected chi connectivity index (χ0v) is 15.6. The Bertz CT molecular complexity index is 675. The summed E-state index contributed by atoms with van der Waals surface area (Å²) in [6.07, 6.45) is 5.11. The third kappa shape index (κ3) is 5.30. The average Bonchev–Trinajstić information content (AvgIpc) is 3.19. The van der Waals surface area contributed by atoms with Crippen LogP contribution in [0.4, 0.5) is 0 Å². The lowest BCUT2D eigenvalue weighted by molar-refractivity contribution is -0.121. The summed E-state index contributed by atoms with van der Waals surface area (Å²) in [4.78, 5) is 12.5. The smallest absolute Gasteiger partial charge is 0.239 e. The topological polar surface area (TPSA) is 53.2 Å². The van der Waals surface area contributed by atoms with Crippen molar-refractivity contribution in [2.75, 3.05) is 0 Å². The molecule has 136 valence electrons. The molecule has 1 saturated carbocycles. The fraction of sp³-hybridized carbons (Fsp3) is 0.333. The van der Waals surface area contributed by atoms with Crippen molar-refractivity contribution in [3.8, 4) is 0 Å². The highest BCUT2D eigenvalue weighted by molar-refractivity contribution is 7.80. The average molecular weight is 368 g/mol. The van der Waals surface area contributed by atoms with Crippen molar-refractivity contribution >= 4 is 23.2 Å². The second kappa shape index (κ2) is 9.34. The number of benzene rings is 2. The van der Waals surface area contributed by atoms with Crippen molar-refractivity contribution in [1.82, 2.24) is 16.2 Å². The maximum absolute atomic E-state index is 12.5. The van der Waals surface area contributed by atoms with Crippen LogP contribution < -0.4 is 16.2 Å². The van der Waals surface area contributed by atoms with E-state index in [-0.39, 0.29) is 11.8 Å². The summed E-state index contributed by atoms with van der Waals surface area (Å²) in [6, 6.07) is 20.6. The number of nitrogens with one attached hydrogen (secondary N) is 3. The molecular formula is C21H25N3OS. The van der Waals surface area contributed by atoms with Gasteiger partial charge in [0.25, 0.3) is 0 Å². The van der Waals surface area contributed by atoms with E-state index in [0.29, 0.717) is 17.6 Å². The van der Waals surface area contributed by atoms with Crippen LogP contribution in [0.3, 0.4) is 0 Å². The van der Waals surface area contributed by atoms with E-state index in [1.165, 1.54) is 12.8 Å². The molecule has 4 nitrogen and oxygen atoms in total. The Morgan fingerprint density at radius 3 is 2.00 bits per heavy atom. The lowest BCUT2D eigenvalue weighted by Crippen LogP contribution is -2.49. The van der Waals surface area contributed by atoms with Crippen LogP contribution in [0.15, 0.2) is 60.7 Å². The standard InChI is InChI=1S/C21H25N3OS/c25-20(23-24-21(26)22-18-13-7-8-14-18)15-19(16-9-3-1-4-10-16)17-11-5-2-6-12-17/h1-6,9-12,18-19H,7-8,13-15H2,(H,23,25)(H2,22,24,26). The Hall–Kier alpha value is -2.40. The van der Waals surface area contributed by atoms with Crippen LogP contribution in [-0.4, -0.2) is 17.1 Å². The summed E-state index contributed by atoms with van der Waals surface area (Å²) in [5.41, 5.74) is 7.82. The number of rotatable bonds is 5. The highest BCUT2D eigenvalue weighted by Gasteiger charge is 2.19. The molecule has 0 aromatic heterocycles. The lowest BCUT2D eigenvalue weighted by Gasteiger charge is -2.19. The first-order chi connectivity index (χ1) is 12.7. The fourth-order valence-electron chi connectivity index (χ4n) is 3.45. The van der Waals surface area contributed by atoms with E-state index in [0.717, 1.165) is 24.0 Å². The van der Waals surface area contributed by atoms with Crippen molar-refractivity contribution in [3.05, 3.63) is 71.8 Å². The predicted molar refractivity (Wildman–Crippen MR) is 109 cm³/mol. The van der Waals surface area contributed by atoms with Gasteiger partial charge in [-0.1, -0.05) is 73.5 Å². The summed E-state index contributed by atoms with van der Waals surface area (Å²) < 4.78 is 0. The zero-order valence-electron chi connectivity index (χ0n) is 14.8. The van der Waals surface area contributed by atoms with Crippen LogP contribution in [0.2, 0.25) is 0 Å². The Kier molecular flexibility index (Phi) is 6.61. The van der Waals surface area contributed by atoms with Gasteiger partial charge >= 0.3 is 0 Å². The molecule has 0 bridgehead atoms. The van der Waals surface area contributed by atoms with Gasteiger partial charge in [0.15, 0.2) is 5.11 Å². The largest absolute Gasteiger partial charge is 0.359 e. The number of hydrazine groups is 1. The number of carbonyl (C=O) groups is 1. The Balaban J connectivity index is 1.58. The number of thiocarbonyl (C=S) groups is 1. The number of hydrogen-bond donors (Lipinski definition) is 3. The van der Waals surface area contributed by atoms with Gasteiger partial charge < -0.3 is 5.32 Å². The highest BCUT2D eigenvalue weighted by Crippen LogP contribution is 2.27. The van der Waals surface area contributed by atoms with Crippen LogP contribution in [0.1, 0.15) is 49.1 Å². The summed E-state index contributed by atoms with van der Waals surface area (Å²) in [5, 5.41) is 3.74. The zero-order chi connectivity index (χ0) is 18.2. The SMILES string of the molecule is O=C(CC(c1ccccc1)c1ccccc1)NNC(=S)NC1CCCC1. The highest BCUT2D eigenvalue weighted by atomic mass is 32.1. The van der Waals surface area contributed by atoms with E-state index in [4.69, 9.17) is 12.2 Å². The second-order valence-corrected chi connectivity index (χ2v) is 7.11. The lowest BCUT2D eigenvalue weighted by atomic mass is 9.88. The summed E-state index contributed by atoms with van der Waals surface area (Å²) >= 11 is 5.27. The van der Waals surface area contributed by atoms with E-state index >= 15 is 0 Å². The number of amides is 1. The van der Waals surface area contributed by atoms with Crippen LogP contribution in [-0.2, 0) is 4.79 Å². The molecule has 1 aliphatic carbocycles. The van der Waals surface area contributed by atoms with E-state index in [1.54, 1.807) is 0 Å². The van der Waals surface area contributed by atoms with Crippen molar-refractivity contribution in [2.24, 2.45) is 0 Å². The summed E-state index contributed by atoms with van der Waals surface area (Å²) in [5.74, 6) is -0.0751. The molecule has 0 heterocycles. The summed E-state index contributed by atoms with van der Waals surface area (Å²) in [7, 11) is 0. The first-order valence-corrected chi connectivity index (χ1v) is 9.58. The van der Waals surface area contributed by atoms with Gasteiger partial charge in [0.05, 0.1) is 0 Å². The molecule has 1 fully saturated rings. The van der Waals surface area contributed by atoms with Gasteiger partial charge in [0, 0.05) is 18.4 Å². The van der Waals surface area contributed by atoms with Gasteiger partial charge in [-0.3, -0.25) is 15.6 Å². The molecule has 0 unspecified atom stereocenters. The van der Waals surface area contributed by atoms with Crippen LogP contribution in [0.5, 0.6) is 0 Å². The maximum atomic E-state index is 12.5. The van der Waals surface area contributed by atoms with Gasteiger partial charge in [0.2, 0.25) is 5.91 Å². The van der Waals surface area contributed by atoms with Gasteiger partial charge in [-0.15, -0.1) is 0 Å². The predicted octanol–water partition coefficient (Wildman–Crippen LogP) is 3.65. The van der Waals surface area contributed by atoms with Crippen molar-refractivity contribution in [2.45, 2.75) is 44.1 Å². The minimum absolute atomic E-state index is 0.00978. The minimum Gasteiger partial charge on any atom is -0.359 e. The molecule has 0 saturated heterocycles. The molecular weight excluding hydrogens is 342 g/mol. The Morgan fingerprint density at radius 1 is 0.923 bits per heavy atom. The minimum atomic E-state index is -0.0849. The summed E-state index contributed by atoms with van der Waals surface area (Å²) in [6.45, 7) is 0. The molecule has 0 spiro atoms. The van der Waals surface area contributed by atoms with E-state index in [2.05, 4.69) is 40.4 Å². The normalized spacial score (nSPS) is 14.2. The molecule has 0 radical (unpaired) electrons. The third-order valence-electron chi connectivity index (χ3n) is 4.80. The molecule has 3 N–H and O–H groups in total. The molecule has 3 rings (SSSR count). The van der Waals surface area contributed by atoms with Crippen molar-refractivity contribution < 1.29 is 4.79 Å². The van der Waals surface area contributed by atoms with Crippen molar-refractivity contribution in [1.29, 1.82) is 0 Å². The van der Waals surface area contributed by atoms with E-state index < -0.39 is 0 Å². The van der Waals surface area contributed by atoms with Crippen LogP contribution in [0, 0.1) is 0 Å². The first kappa shape index (κ1) is 18.4. The molecule has 5 heteroatoms. The second-order valence-electron chi connectivity index (χ2n) is 6.71. The fourth-order valence-corrected chi connectivity index (χ4v) is 3.67. The quantitative estimate of drug-likeness (QED) is 0.558. The monoisotopic (exact) mass is 367 g/mol. The van der Waals surface area contributed by atoms with Gasteiger partial charge in [-0.05, 0) is 36.2 Å². The van der Waals surface area contributed by atoms with Gasteiger partial charge in [0.1, 0.15) is 0 Å². The molecule has 1 aliphatic rings. The Labute approximate surface area is 160 Å². The molecule has 26 heavy (non-hydrogen) atoms. The number of carbonyl (C=O) groups excluding carboxylic acids is 1. The molecule has 2 aromatic rings. The third-order valence-corrected chi connectivity index (χ3v) is 5.02. The molecule has 0 atom stereocenters. The van der Waals surface area contributed by atoms with Gasteiger partial charge in [-0.25, -0.2) is 0 Å². The molecule has 2 aromatic carbocycles. The van der Waals surface area contributed by atoms with E-state index in [1.807, 2.05) is 36.4 Å². The maximum Gasteiger partial charge on any atom is 0.239 e. The van der Waals surface area contributed by atoms with Gasteiger partial charge in [-0.2, -0.15) is 0 Å². The molecule has 0 aliphatic heterocycles. The Morgan fingerprint density at radius 2 is 1.46 bits per heavy atom. The first-order valence-electron chi connectivity index (χ1n) is 9.17. The van der Waals surface area contributed by atoms with Crippen molar-refractivity contribution in [3.63, 3.8) is 0 Å². The van der Waals surface area contributed by atoms with Crippen LogP contribution in [0.25, 0.3) is 0 Å².